The minimum Gasteiger partial charge on any atom is -0.491 e. The lowest BCUT2D eigenvalue weighted by Crippen LogP contribution is -2.28. The lowest BCUT2D eigenvalue weighted by Gasteiger charge is -2.14. The maximum Gasteiger partial charge on any atom is 0.416 e. The molecule has 0 spiro atoms. The Labute approximate surface area is 97.3 Å². The summed E-state index contributed by atoms with van der Waals surface area (Å²) in [5.41, 5.74) is 4.67. The molecule has 96 valence electrons. The van der Waals surface area contributed by atoms with Crippen molar-refractivity contribution in [3.8, 4) is 5.75 Å². The van der Waals surface area contributed by atoms with Crippen LogP contribution in [-0.2, 0) is 10.9 Å². The van der Waals surface area contributed by atoms with Crippen molar-refractivity contribution in [2.45, 2.75) is 12.3 Å². The second-order valence-electron chi connectivity index (χ2n) is 3.43. The SMILES string of the molecule is COC(CN)COc1ccc(C(F)(F)F)cc1. The molecule has 3 nitrogen and oxygen atoms in total. The molecule has 0 aromatic heterocycles. The highest BCUT2D eigenvalue weighted by atomic mass is 19.4. The molecule has 0 radical (unpaired) electrons. The second-order valence-corrected chi connectivity index (χ2v) is 3.43. The Kier molecular flexibility index (Phi) is 4.77. The summed E-state index contributed by atoms with van der Waals surface area (Å²) in [7, 11) is 1.49. The lowest BCUT2D eigenvalue weighted by atomic mass is 10.2. The van der Waals surface area contributed by atoms with Crippen LogP contribution in [0.3, 0.4) is 0 Å². The molecule has 1 aromatic carbocycles. The van der Waals surface area contributed by atoms with Gasteiger partial charge in [-0.1, -0.05) is 0 Å². The van der Waals surface area contributed by atoms with Crippen LogP contribution in [0.1, 0.15) is 5.56 Å². The van der Waals surface area contributed by atoms with Crippen LogP contribution in [-0.4, -0.2) is 26.4 Å². The summed E-state index contributed by atoms with van der Waals surface area (Å²) >= 11 is 0. The van der Waals surface area contributed by atoms with E-state index < -0.39 is 11.7 Å². The molecule has 0 fully saturated rings. The standard InChI is InChI=1S/C11H14F3NO2/c1-16-10(6-15)7-17-9-4-2-8(3-5-9)11(12,13)14/h2-5,10H,6-7,15H2,1H3. The fourth-order valence-corrected chi connectivity index (χ4v) is 1.16. The largest absolute Gasteiger partial charge is 0.491 e. The van der Waals surface area contributed by atoms with Crippen LogP contribution in [0.2, 0.25) is 0 Å². The molecular weight excluding hydrogens is 235 g/mol. The van der Waals surface area contributed by atoms with Crippen LogP contribution >= 0.6 is 0 Å². The van der Waals surface area contributed by atoms with Crippen molar-refractivity contribution in [1.82, 2.24) is 0 Å². The highest BCUT2D eigenvalue weighted by Crippen LogP contribution is 2.30. The van der Waals surface area contributed by atoms with Crippen LogP contribution < -0.4 is 10.5 Å². The second kappa shape index (κ2) is 5.88. The van der Waals surface area contributed by atoms with E-state index in [9.17, 15) is 13.2 Å². The van der Waals surface area contributed by atoms with Crippen molar-refractivity contribution in [2.75, 3.05) is 20.3 Å². The van der Waals surface area contributed by atoms with Crippen LogP contribution in [0.25, 0.3) is 0 Å². The van der Waals surface area contributed by atoms with E-state index in [4.69, 9.17) is 15.2 Å². The molecule has 0 saturated carbocycles. The minimum atomic E-state index is -4.33. The van der Waals surface area contributed by atoms with Crippen molar-refractivity contribution in [3.63, 3.8) is 0 Å². The molecule has 0 aliphatic rings. The van der Waals surface area contributed by atoms with Gasteiger partial charge in [-0.3, -0.25) is 0 Å². The number of methoxy groups -OCH3 is 1. The molecule has 0 saturated heterocycles. The monoisotopic (exact) mass is 249 g/mol. The number of ether oxygens (including phenoxy) is 2. The first-order valence-electron chi connectivity index (χ1n) is 5.00. The van der Waals surface area contributed by atoms with E-state index in [-0.39, 0.29) is 19.3 Å². The van der Waals surface area contributed by atoms with E-state index in [1.54, 1.807) is 0 Å². The fraction of sp³-hybridized carbons (Fsp3) is 0.455. The number of rotatable bonds is 5. The number of benzene rings is 1. The van der Waals surface area contributed by atoms with Crippen molar-refractivity contribution in [2.24, 2.45) is 5.73 Å². The summed E-state index contributed by atoms with van der Waals surface area (Å²) in [6, 6.07) is 4.48. The molecule has 0 aliphatic carbocycles. The van der Waals surface area contributed by atoms with E-state index >= 15 is 0 Å². The molecule has 0 heterocycles. The van der Waals surface area contributed by atoms with Crippen molar-refractivity contribution in [1.29, 1.82) is 0 Å². The quantitative estimate of drug-likeness (QED) is 0.868. The number of hydrogen-bond acceptors (Lipinski definition) is 3. The Morgan fingerprint density at radius 3 is 2.24 bits per heavy atom. The van der Waals surface area contributed by atoms with Gasteiger partial charge in [0.2, 0.25) is 0 Å². The Morgan fingerprint density at radius 2 is 1.82 bits per heavy atom. The van der Waals surface area contributed by atoms with Gasteiger partial charge in [0, 0.05) is 13.7 Å². The summed E-state index contributed by atoms with van der Waals surface area (Å²) in [6.45, 7) is 0.496. The van der Waals surface area contributed by atoms with Crippen LogP contribution in [0.4, 0.5) is 13.2 Å². The van der Waals surface area contributed by atoms with Crippen molar-refractivity contribution >= 4 is 0 Å². The van der Waals surface area contributed by atoms with Gasteiger partial charge in [0.1, 0.15) is 18.5 Å². The van der Waals surface area contributed by atoms with Crippen molar-refractivity contribution < 1.29 is 22.6 Å². The molecule has 17 heavy (non-hydrogen) atoms. The summed E-state index contributed by atoms with van der Waals surface area (Å²) in [5.74, 6) is 0.355. The smallest absolute Gasteiger partial charge is 0.416 e. The molecule has 1 unspecified atom stereocenters. The molecule has 0 aliphatic heterocycles. The van der Waals surface area contributed by atoms with Crippen LogP contribution in [0.15, 0.2) is 24.3 Å². The third-order valence-corrected chi connectivity index (χ3v) is 2.21. The maximum absolute atomic E-state index is 12.3. The Balaban J connectivity index is 2.57. The first-order valence-corrected chi connectivity index (χ1v) is 5.00. The van der Waals surface area contributed by atoms with Gasteiger partial charge < -0.3 is 15.2 Å². The lowest BCUT2D eigenvalue weighted by molar-refractivity contribution is -0.137. The van der Waals surface area contributed by atoms with Gasteiger partial charge in [0.05, 0.1) is 5.56 Å². The van der Waals surface area contributed by atoms with Gasteiger partial charge in [0.15, 0.2) is 0 Å². The molecule has 6 heteroatoms. The average molecular weight is 249 g/mol. The predicted molar refractivity (Wildman–Crippen MR) is 56.8 cm³/mol. The Morgan fingerprint density at radius 1 is 1.24 bits per heavy atom. The summed E-state index contributed by atoms with van der Waals surface area (Å²) < 4.78 is 47.0. The summed E-state index contributed by atoms with van der Waals surface area (Å²) in [6.07, 6.45) is -4.59. The van der Waals surface area contributed by atoms with Gasteiger partial charge in [-0.15, -0.1) is 0 Å². The van der Waals surface area contributed by atoms with E-state index in [0.717, 1.165) is 12.1 Å². The van der Waals surface area contributed by atoms with Crippen molar-refractivity contribution in [3.05, 3.63) is 29.8 Å². The maximum atomic E-state index is 12.3. The highest BCUT2D eigenvalue weighted by molar-refractivity contribution is 5.28. The van der Waals surface area contributed by atoms with Crippen LogP contribution in [0, 0.1) is 0 Å². The zero-order valence-corrected chi connectivity index (χ0v) is 9.33. The highest BCUT2D eigenvalue weighted by Gasteiger charge is 2.30. The Hall–Kier alpha value is -1.27. The van der Waals surface area contributed by atoms with Gasteiger partial charge in [0.25, 0.3) is 0 Å². The van der Waals surface area contributed by atoms with E-state index in [0.29, 0.717) is 5.75 Å². The predicted octanol–water partition coefficient (Wildman–Crippen LogP) is 2.06. The first kappa shape index (κ1) is 13.8. The van der Waals surface area contributed by atoms with E-state index in [1.165, 1.54) is 19.2 Å². The third kappa shape index (κ3) is 4.24. The van der Waals surface area contributed by atoms with Crippen LogP contribution in [0.5, 0.6) is 5.75 Å². The summed E-state index contributed by atoms with van der Waals surface area (Å²) in [4.78, 5) is 0. The molecule has 2 N–H and O–H groups in total. The van der Waals surface area contributed by atoms with Gasteiger partial charge >= 0.3 is 6.18 Å². The van der Waals surface area contributed by atoms with E-state index in [2.05, 4.69) is 0 Å². The van der Waals surface area contributed by atoms with Gasteiger partial charge in [-0.25, -0.2) is 0 Å². The fourth-order valence-electron chi connectivity index (χ4n) is 1.16. The number of nitrogens with two attached hydrogens (primary N) is 1. The molecule has 0 bridgehead atoms. The number of halogens is 3. The number of alkyl halides is 3. The zero-order valence-electron chi connectivity index (χ0n) is 9.33. The molecule has 1 atom stereocenters. The zero-order chi connectivity index (χ0) is 12.9. The summed E-state index contributed by atoms with van der Waals surface area (Å²) in [5, 5.41) is 0. The normalized spacial score (nSPS) is 13.5. The van der Waals surface area contributed by atoms with Gasteiger partial charge in [-0.2, -0.15) is 13.2 Å². The average Bonchev–Trinajstić information content (AvgIpc) is 2.30. The molecule has 1 rings (SSSR count). The first-order chi connectivity index (χ1) is 7.97. The number of hydrogen-bond donors (Lipinski definition) is 1. The molecule has 1 aromatic rings. The minimum absolute atomic E-state index is 0.207. The third-order valence-electron chi connectivity index (χ3n) is 2.21. The molecule has 0 amide bonds. The topological polar surface area (TPSA) is 44.5 Å². The molecular formula is C11H14F3NO2. The van der Waals surface area contributed by atoms with Gasteiger partial charge in [-0.05, 0) is 24.3 Å². The van der Waals surface area contributed by atoms with E-state index in [1.807, 2.05) is 0 Å². The Bertz CT molecular complexity index is 334.